The first-order valence-electron chi connectivity index (χ1n) is 8.42. The molecule has 5 heteroatoms. The van der Waals surface area contributed by atoms with E-state index in [0.29, 0.717) is 17.0 Å². The van der Waals surface area contributed by atoms with Crippen LogP contribution in [0.25, 0.3) is 0 Å². The van der Waals surface area contributed by atoms with E-state index in [2.05, 4.69) is 31.1 Å². The molecule has 138 valence electrons. The summed E-state index contributed by atoms with van der Waals surface area (Å²) in [5, 5.41) is 16.0. The highest BCUT2D eigenvalue weighted by atomic mass is 16.5. The standard InChI is InChI=1S/C21H26N2O3/c1-13(2)20(25)26-19-10-8-15(12-17(19)23-6)21(3,4)14-7-9-18(24)16(11-14)22-5/h7-12,22-24H,1H2,2-6H3. The Kier molecular flexibility index (Phi) is 5.60. The zero-order chi connectivity index (χ0) is 19.5. The third-order valence-corrected chi connectivity index (χ3v) is 4.51. The maximum Gasteiger partial charge on any atom is 0.338 e. The van der Waals surface area contributed by atoms with E-state index in [-0.39, 0.29) is 11.2 Å². The van der Waals surface area contributed by atoms with Crippen LogP contribution in [-0.4, -0.2) is 25.2 Å². The zero-order valence-electron chi connectivity index (χ0n) is 15.9. The van der Waals surface area contributed by atoms with Gasteiger partial charge in [0.15, 0.2) is 5.75 Å². The zero-order valence-corrected chi connectivity index (χ0v) is 15.9. The first kappa shape index (κ1) is 19.4. The molecule has 0 saturated carbocycles. The molecule has 0 spiro atoms. The first-order valence-corrected chi connectivity index (χ1v) is 8.42. The maximum absolute atomic E-state index is 11.8. The molecule has 0 bridgehead atoms. The van der Waals surface area contributed by atoms with E-state index in [1.54, 1.807) is 33.2 Å². The fourth-order valence-corrected chi connectivity index (χ4v) is 2.68. The van der Waals surface area contributed by atoms with Crippen LogP contribution in [0.2, 0.25) is 0 Å². The molecular weight excluding hydrogens is 328 g/mol. The van der Waals surface area contributed by atoms with Crippen LogP contribution in [0.15, 0.2) is 48.6 Å². The Hall–Kier alpha value is -2.95. The highest BCUT2D eigenvalue weighted by molar-refractivity contribution is 5.89. The van der Waals surface area contributed by atoms with Gasteiger partial charge < -0.3 is 20.5 Å². The largest absolute Gasteiger partial charge is 0.506 e. The molecule has 2 aromatic carbocycles. The molecule has 0 aliphatic carbocycles. The molecule has 2 rings (SSSR count). The highest BCUT2D eigenvalue weighted by Crippen LogP contribution is 2.38. The first-order chi connectivity index (χ1) is 12.2. The van der Waals surface area contributed by atoms with E-state index in [9.17, 15) is 9.90 Å². The van der Waals surface area contributed by atoms with Gasteiger partial charge in [0, 0.05) is 25.1 Å². The normalized spacial score (nSPS) is 11.0. The Morgan fingerprint density at radius 3 is 2.12 bits per heavy atom. The number of carbonyl (C=O) groups is 1. The van der Waals surface area contributed by atoms with Crippen LogP contribution in [0.5, 0.6) is 11.5 Å². The third-order valence-electron chi connectivity index (χ3n) is 4.51. The summed E-state index contributed by atoms with van der Waals surface area (Å²) >= 11 is 0. The van der Waals surface area contributed by atoms with Gasteiger partial charge in [-0.05, 0) is 42.3 Å². The second-order valence-corrected chi connectivity index (χ2v) is 6.74. The van der Waals surface area contributed by atoms with Crippen LogP contribution in [-0.2, 0) is 10.2 Å². The van der Waals surface area contributed by atoms with Crippen molar-refractivity contribution in [3.8, 4) is 11.5 Å². The van der Waals surface area contributed by atoms with Crippen molar-refractivity contribution >= 4 is 17.3 Å². The topological polar surface area (TPSA) is 70.6 Å². The van der Waals surface area contributed by atoms with E-state index < -0.39 is 5.97 Å². The van der Waals surface area contributed by atoms with E-state index in [0.717, 1.165) is 16.8 Å². The van der Waals surface area contributed by atoms with Crippen molar-refractivity contribution in [1.82, 2.24) is 0 Å². The van der Waals surface area contributed by atoms with E-state index >= 15 is 0 Å². The average molecular weight is 354 g/mol. The number of phenols is 1. The molecule has 0 saturated heterocycles. The molecule has 0 amide bonds. The summed E-state index contributed by atoms with van der Waals surface area (Å²) in [6.07, 6.45) is 0. The van der Waals surface area contributed by atoms with Gasteiger partial charge in [-0.3, -0.25) is 0 Å². The number of esters is 1. The number of carbonyl (C=O) groups excluding carboxylic acids is 1. The van der Waals surface area contributed by atoms with Crippen LogP contribution in [0.4, 0.5) is 11.4 Å². The molecule has 5 nitrogen and oxygen atoms in total. The summed E-state index contributed by atoms with van der Waals surface area (Å²) in [5.74, 6) is 0.220. The van der Waals surface area contributed by atoms with Crippen molar-refractivity contribution < 1.29 is 14.6 Å². The number of aromatic hydroxyl groups is 1. The molecule has 0 aromatic heterocycles. The molecule has 26 heavy (non-hydrogen) atoms. The van der Waals surface area contributed by atoms with E-state index in [1.165, 1.54) is 0 Å². The number of benzene rings is 2. The van der Waals surface area contributed by atoms with Gasteiger partial charge in [0.25, 0.3) is 0 Å². The number of phenolic OH excluding ortho intramolecular Hbond substituents is 1. The minimum atomic E-state index is -0.453. The summed E-state index contributed by atoms with van der Waals surface area (Å²) in [6, 6.07) is 11.2. The maximum atomic E-state index is 11.8. The van der Waals surface area contributed by atoms with E-state index in [4.69, 9.17) is 4.74 Å². The van der Waals surface area contributed by atoms with Gasteiger partial charge in [0.05, 0.1) is 11.4 Å². The molecular formula is C21H26N2O3. The molecule has 3 N–H and O–H groups in total. The number of hydrogen-bond acceptors (Lipinski definition) is 5. The van der Waals surface area contributed by atoms with Crippen molar-refractivity contribution in [1.29, 1.82) is 0 Å². The summed E-state index contributed by atoms with van der Waals surface area (Å²) < 4.78 is 5.38. The van der Waals surface area contributed by atoms with E-state index in [1.807, 2.05) is 24.3 Å². The second-order valence-electron chi connectivity index (χ2n) is 6.74. The Bertz CT molecular complexity index is 841. The van der Waals surface area contributed by atoms with Crippen molar-refractivity contribution in [3.05, 3.63) is 59.7 Å². The average Bonchev–Trinajstić information content (AvgIpc) is 2.61. The smallest absolute Gasteiger partial charge is 0.338 e. The second kappa shape index (κ2) is 7.52. The fraction of sp³-hybridized carbons (Fsp3) is 0.286. The predicted octanol–water partition coefficient (Wildman–Crippen LogP) is 4.28. The summed E-state index contributed by atoms with van der Waals surface area (Å²) in [7, 11) is 3.56. The Morgan fingerprint density at radius 2 is 1.58 bits per heavy atom. The highest BCUT2D eigenvalue weighted by Gasteiger charge is 2.25. The lowest BCUT2D eigenvalue weighted by Gasteiger charge is -2.28. The van der Waals surface area contributed by atoms with Crippen molar-refractivity contribution in [2.24, 2.45) is 0 Å². The van der Waals surface area contributed by atoms with Gasteiger partial charge in [-0.1, -0.05) is 32.6 Å². The Labute approximate surface area is 154 Å². The van der Waals surface area contributed by atoms with Crippen LogP contribution in [0, 0.1) is 0 Å². The lowest BCUT2D eigenvalue weighted by molar-refractivity contribution is -0.130. The molecule has 0 heterocycles. The van der Waals surface area contributed by atoms with Crippen molar-refractivity contribution in [2.45, 2.75) is 26.2 Å². The fourth-order valence-electron chi connectivity index (χ4n) is 2.68. The number of hydrogen-bond donors (Lipinski definition) is 3. The molecule has 0 fully saturated rings. The minimum Gasteiger partial charge on any atom is -0.506 e. The van der Waals surface area contributed by atoms with Gasteiger partial charge in [-0.25, -0.2) is 4.79 Å². The number of rotatable bonds is 6. The van der Waals surface area contributed by atoms with Gasteiger partial charge in [0.1, 0.15) is 5.75 Å². The number of nitrogens with one attached hydrogen (secondary N) is 2. The third kappa shape index (κ3) is 3.82. The summed E-state index contributed by atoms with van der Waals surface area (Å²) in [5.41, 5.74) is 3.52. The lowest BCUT2D eigenvalue weighted by Crippen LogP contribution is -2.19. The van der Waals surface area contributed by atoms with Gasteiger partial charge in [-0.2, -0.15) is 0 Å². The van der Waals surface area contributed by atoms with Crippen molar-refractivity contribution in [3.63, 3.8) is 0 Å². The number of ether oxygens (including phenoxy) is 1. The monoisotopic (exact) mass is 354 g/mol. The van der Waals surface area contributed by atoms with Crippen LogP contribution in [0.1, 0.15) is 31.9 Å². The predicted molar refractivity (Wildman–Crippen MR) is 106 cm³/mol. The molecule has 0 radical (unpaired) electrons. The summed E-state index contributed by atoms with van der Waals surface area (Å²) in [6.45, 7) is 9.43. The molecule has 2 aromatic rings. The minimum absolute atomic E-state index is 0.213. The van der Waals surface area contributed by atoms with Gasteiger partial charge in [-0.15, -0.1) is 0 Å². The number of anilines is 2. The van der Waals surface area contributed by atoms with Crippen LogP contribution < -0.4 is 15.4 Å². The van der Waals surface area contributed by atoms with Crippen molar-refractivity contribution in [2.75, 3.05) is 24.7 Å². The SMILES string of the molecule is C=C(C)C(=O)Oc1ccc(C(C)(C)c2ccc(O)c(NC)c2)cc1NC. The van der Waals surface area contributed by atoms with Gasteiger partial charge in [0.2, 0.25) is 0 Å². The van der Waals surface area contributed by atoms with Crippen LogP contribution >= 0.6 is 0 Å². The quantitative estimate of drug-likeness (QED) is 0.313. The van der Waals surface area contributed by atoms with Crippen LogP contribution in [0.3, 0.4) is 0 Å². The molecule has 0 atom stereocenters. The Morgan fingerprint density at radius 1 is 1.04 bits per heavy atom. The molecule has 0 aliphatic rings. The molecule has 0 aliphatic heterocycles. The Balaban J connectivity index is 2.43. The van der Waals surface area contributed by atoms with Gasteiger partial charge >= 0.3 is 5.97 Å². The summed E-state index contributed by atoms with van der Waals surface area (Å²) in [4.78, 5) is 11.8. The molecule has 0 unspecified atom stereocenters. The lowest BCUT2D eigenvalue weighted by atomic mass is 9.77.